The van der Waals surface area contributed by atoms with Crippen molar-refractivity contribution in [1.29, 1.82) is 0 Å². The van der Waals surface area contributed by atoms with Gasteiger partial charge >= 0.3 is 0 Å². The molecule has 0 aliphatic heterocycles. The van der Waals surface area contributed by atoms with E-state index in [-0.39, 0.29) is 19.3 Å². The van der Waals surface area contributed by atoms with E-state index in [1.165, 1.54) is 0 Å². The standard InChI is InChI=1S/C14H22BrNO3/c1-8-9(2)14(19-4)13(10(3)12(8)15)16-11(7-18)5-6-17/h11,16-18H,5-7H2,1-4H3. The Bertz CT molecular complexity index is 449. The molecule has 108 valence electrons. The largest absolute Gasteiger partial charge is 0.494 e. The number of aliphatic hydroxyl groups is 2. The highest BCUT2D eigenvalue weighted by molar-refractivity contribution is 9.10. The van der Waals surface area contributed by atoms with Gasteiger partial charge in [0.15, 0.2) is 0 Å². The van der Waals surface area contributed by atoms with E-state index in [1.807, 2.05) is 20.8 Å². The van der Waals surface area contributed by atoms with E-state index in [0.717, 1.165) is 32.6 Å². The van der Waals surface area contributed by atoms with Crippen LogP contribution in [0.25, 0.3) is 0 Å². The van der Waals surface area contributed by atoms with Crippen molar-refractivity contribution in [2.24, 2.45) is 0 Å². The third-order valence-corrected chi connectivity index (χ3v) is 4.60. The van der Waals surface area contributed by atoms with Crippen molar-refractivity contribution in [3.63, 3.8) is 0 Å². The molecule has 1 unspecified atom stereocenters. The molecule has 0 aromatic heterocycles. The maximum Gasteiger partial charge on any atom is 0.145 e. The Morgan fingerprint density at radius 2 is 1.79 bits per heavy atom. The lowest BCUT2D eigenvalue weighted by molar-refractivity contribution is 0.228. The molecule has 0 bridgehead atoms. The van der Waals surface area contributed by atoms with Gasteiger partial charge in [-0.1, -0.05) is 15.9 Å². The summed E-state index contributed by atoms with van der Waals surface area (Å²) in [4.78, 5) is 0. The maximum atomic E-state index is 9.34. The number of ether oxygens (including phenoxy) is 1. The average Bonchev–Trinajstić information content (AvgIpc) is 2.41. The molecule has 0 fully saturated rings. The molecule has 19 heavy (non-hydrogen) atoms. The van der Waals surface area contributed by atoms with Crippen molar-refractivity contribution >= 4 is 21.6 Å². The van der Waals surface area contributed by atoms with Crippen LogP contribution in [0.4, 0.5) is 5.69 Å². The predicted molar refractivity (Wildman–Crippen MR) is 81.1 cm³/mol. The van der Waals surface area contributed by atoms with Crippen molar-refractivity contribution in [3.05, 3.63) is 21.2 Å². The Hall–Kier alpha value is -0.780. The molecule has 0 saturated heterocycles. The van der Waals surface area contributed by atoms with Gasteiger partial charge in [0.25, 0.3) is 0 Å². The number of methoxy groups -OCH3 is 1. The first-order valence-electron chi connectivity index (χ1n) is 6.29. The smallest absolute Gasteiger partial charge is 0.145 e. The first-order chi connectivity index (χ1) is 8.97. The molecule has 0 saturated carbocycles. The first kappa shape index (κ1) is 16.3. The van der Waals surface area contributed by atoms with E-state index >= 15 is 0 Å². The summed E-state index contributed by atoms with van der Waals surface area (Å²) in [7, 11) is 1.64. The SMILES string of the molecule is COc1c(C)c(C)c(Br)c(C)c1NC(CO)CCO. The molecule has 4 nitrogen and oxygen atoms in total. The van der Waals surface area contributed by atoms with Crippen LogP contribution in [-0.2, 0) is 0 Å². The van der Waals surface area contributed by atoms with Gasteiger partial charge in [-0.15, -0.1) is 0 Å². The van der Waals surface area contributed by atoms with Crippen LogP contribution in [0.5, 0.6) is 5.75 Å². The molecule has 3 N–H and O–H groups in total. The molecule has 1 rings (SSSR count). The molecular formula is C14H22BrNO3. The fourth-order valence-electron chi connectivity index (χ4n) is 2.08. The van der Waals surface area contributed by atoms with Crippen LogP contribution in [0.15, 0.2) is 4.47 Å². The van der Waals surface area contributed by atoms with Gasteiger partial charge in [-0.05, 0) is 43.9 Å². The Balaban J connectivity index is 3.25. The molecule has 1 aromatic rings. The van der Waals surface area contributed by atoms with E-state index in [1.54, 1.807) is 7.11 Å². The van der Waals surface area contributed by atoms with Crippen LogP contribution in [-0.4, -0.2) is 36.6 Å². The predicted octanol–water partition coefficient (Wildman–Crippen LogP) is 2.54. The number of aliphatic hydroxyl groups excluding tert-OH is 2. The third kappa shape index (κ3) is 3.41. The molecule has 0 amide bonds. The zero-order valence-corrected chi connectivity index (χ0v) is 13.5. The molecule has 1 aromatic carbocycles. The second kappa shape index (κ2) is 7.12. The monoisotopic (exact) mass is 331 g/mol. The van der Waals surface area contributed by atoms with Crippen LogP contribution < -0.4 is 10.1 Å². The van der Waals surface area contributed by atoms with Crippen LogP contribution in [0.2, 0.25) is 0 Å². The van der Waals surface area contributed by atoms with Crippen LogP contribution in [0, 0.1) is 20.8 Å². The first-order valence-corrected chi connectivity index (χ1v) is 7.08. The number of rotatable bonds is 6. The van der Waals surface area contributed by atoms with Crippen LogP contribution in [0.3, 0.4) is 0 Å². The highest BCUT2D eigenvalue weighted by Gasteiger charge is 2.19. The Morgan fingerprint density at radius 3 is 2.26 bits per heavy atom. The van der Waals surface area contributed by atoms with Crippen molar-refractivity contribution in [1.82, 2.24) is 0 Å². The van der Waals surface area contributed by atoms with E-state index in [0.29, 0.717) is 6.42 Å². The summed E-state index contributed by atoms with van der Waals surface area (Å²) in [5.41, 5.74) is 4.10. The lowest BCUT2D eigenvalue weighted by atomic mass is 10.0. The van der Waals surface area contributed by atoms with Crippen LogP contribution >= 0.6 is 15.9 Å². The van der Waals surface area contributed by atoms with Gasteiger partial charge < -0.3 is 20.3 Å². The summed E-state index contributed by atoms with van der Waals surface area (Å²) in [5.74, 6) is 0.787. The number of hydrogen-bond donors (Lipinski definition) is 3. The minimum absolute atomic E-state index is 0.0333. The maximum absolute atomic E-state index is 9.34. The van der Waals surface area contributed by atoms with Gasteiger partial charge in [0.2, 0.25) is 0 Å². The minimum atomic E-state index is -0.188. The van der Waals surface area contributed by atoms with Crippen LogP contribution in [0.1, 0.15) is 23.1 Å². The normalized spacial score (nSPS) is 12.4. The molecule has 5 heteroatoms. The topological polar surface area (TPSA) is 61.7 Å². The molecule has 0 heterocycles. The molecule has 0 aliphatic rings. The Morgan fingerprint density at radius 1 is 1.16 bits per heavy atom. The van der Waals surface area contributed by atoms with Gasteiger partial charge in [-0.25, -0.2) is 0 Å². The summed E-state index contributed by atoms with van der Waals surface area (Å²) in [6.07, 6.45) is 0.490. The molecular weight excluding hydrogens is 310 g/mol. The number of halogens is 1. The lowest BCUT2D eigenvalue weighted by Crippen LogP contribution is -2.26. The molecule has 1 atom stereocenters. The zero-order valence-electron chi connectivity index (χ0n) is 11.9. The minimum Gasteiger partial charge on any atom is -0.494 e. The van der Waals surface area contributed by atoms with Crippen molar-refractivity contribution in [2.45, 2.75) is 33.2 Å². The summed E-state index contributed by atoms with van der Waals surface area (Å²) in [5, 5.41) is 21.6. The summed E-state index contributed by atoms with van der Waals surface area (Å²) in [6.45, 7) is 6.04. The number of hydrogen-bond acceptors (Lipinski definition) is 4. The van der Waals surface area contributed by atoms with Crippen molar-refractivity contribution < 1.29 is 14.9 Å². The van der Waals surface area contributed by atoms with Gasteiger partial charge in [0, 0.05) is 11.1 Å². The summed E-state index contributed by atoms with van der Waals surface area (Å²) < 4.78 is 6.52. The van der Waals surface area contributed by atoms with Gasteiger partial charge in [-0.2, -0.15) is 0 Å². The second-order valence-electron chi connectivity index (χ2n) is 4.63. The molecule has 0 radical (unpaired) electrons. The van der Waals surface area contributed by atoms with Gasteiger partial charge in [0.1, 0.15) is 5.75 Å². The third-order valence-electron chi connectivity index (χ3n) is 3.41. The quantitative estimate of drug-likeness (QED) is 0.749. The summed E-state index contributed by atoms with van der Waals surface area (Å²) in [6, 6.07) is -0.188. The second-order valence-corrected chi connectivity index (χ2v) is 5.43. The van der Waals surface area contributed by atoms with Gasteiger partial charge in [-0.3, -0.25) is 0 Å². The zero-order chi connectivity index (χ0) is 14.6. The highest BCUT2D eigenvalue weighted by Crippen LogP contribution is 2.40. The number of nitrogens with one attached hydrogen (secondary N) is 1. The van der Waals surface area contributed by atoms with E-state index in [4.69, 9.17) is 9.84 Å². The molecule has 0 aliphatic carbocycles. The van der Waals surface area contributed by atoms with Crippen molar-refractivity contribution in [2.75, 3.05) is 25.6 Å². The van der Waals surface area contributed by atoms with Crippen molar-refractivity contribution in [3.8, 4) is 5.75 Å². The van der Waals surface area contributed by atoms with E-state index < -0.39 is 0 Å². The Labute approximate surface area is 122 Å². The van der Waals surface area contributed by atoms with E-state index in [9.17, 15) is 5.11 Å². The Kier molecular flexibility index (Phi) is 6.10. The lowest BCUT2D eigenvalue weighted by Gasteiger charge is -2.23. The number of anilines is 1. The highest BCUT2D eigenvalue weighted by atomic mass is 79.9. The fraction of sp³-hybridized carbons (Fsp3) is 0.571. The number of benzene rings is 1. The average molecular weight is 332 g/mol. The van der Waals surface area contributed by atoms with E-state index in [2.05, 4.69) is 21.2 Å². The summed E-state index contributed by atoms with van der Waals surface area (Å²) >= 11 is 3.59. The van der Waals surface area contributed by atoms with Gasteiger partial charge in [0.05, 0.1) is 25.4 Å². The molecule has 0 spiro atoms. The fourth-order valence-corrected chi connectivity index (χ4v) is 2.58.